The Hall–Kier alpha value is -0.670. The number of hydrogen-bond donors (Lipinski definition) is 1. The van der Waals surface area contributed by atoms with Crippen LogP contribution in [0.25, 0.3) is 0 Å². The predicted molar refractivity (Wildman–Crippen MR) is 190 cm³/mol. The fourth-order valence-electron chi connectivity index (χ4n) is 15.4. The van der Waals surface area contributed by atoms with Crippen LogP contribution in [0, 0.1) is 74.4 Å². The maximum Gasteiger partial charge on any atom is 0.139 e. The first kappa shape index (κ1) is 33.8. The molecule has 0 amide bonds. The Morgan fingerprint density at radius 2 is 1.59 bits per heavy atom. The maximum atomic E-state index is 14.9. The molecule has 0 spiro atoms. The van der Waals surface area contributed by atoms with Crippen LogP contribution in [0.3, 0.4) is 0 Å². The number of fused-ring (bicyclic) bond motifs is 7. The summed E-state index contributed by atoms with van der Waals surface area (Å²) >= 11 is 0. The highest BCUT2D eigenvalue weighted by Gasteiger charge is 2.71. The molecule has 3 heteroatoms. The summed E-state index contributed by atoms with van der Waals surface area (Å²) < 4.78 is 0. The molecular formula is C43H71NO2. The zero-order valence-electron chi connectivity index (χ0n) is 31.1. The smallest absolute Gasteiger partial charge is 0.139 e. The van der Waals surface area contributed by atoms with Crippen LogP contribution in [0.15, 0.2) is 12.2 Å². The number of allylic oxidation sites excluding steroid dienone is 1. The molecule has 260 valence electrons. The minimum absolute atomic E-state index is 0.00215. The van der Waals surface area contributed by atoms with Gasteiger partial charge in [0.1, 0.15) is 5.78 Å². The van der Waals surface area contributed by atoms with E-state index < -0.39 is 0 Å². The molecule has 1 saturated heterocycles. The number of rotatable bonds is 6. The number of nitrogens with zero attached hydrogens (tertiary/aromatic N) is 1. The average molecular weight is 634 g/mol. The van der Waals surface area contributed by atoms with Gasteiger partial charge >= 0.3 is 0 Å². The van der Waals surface area contributed by atoms with Gasteiger partial charge in [-0.15, -0.1) is 0 Å². The lowest BCUT2D eigenvalue weighted by Crippen LogP contribution is -2.67. The minimum atomic E-state index is -0.165. The second kappa shape index (κ2) is 11.7. The fraction of sp³-hybridized carbons (Fsp3) is 0.930. The van der Waals surface area contributed by atoms with Crippen LogP contribution < -0.4 is 0 Å². The summed E-state index contributed by atoms with van der Waals surface area (Å²) in [4.78, 5) is 17.6. The standard InChI is InChI=1S/C43H71NO2/c1-28(2)32-15-20-43(37(46)25-30-11-12-31(24-30)27-44-23-9-10-29(3)26-44)22-21-41(7)33(38(32)43)13-14-35-40(6)18-17-36(45)39(4,5)34(40)16-19-42(35,41)8/h29-36,38,45H,1,9-27H2,2-8H3/t29?,30-,31?,32+,33-,34+,35-,36+,38-,40+,41-,42-,43-/m1/s1. The lowest BCUT2D eigenvalue weighted by Gasteiger charge is -2.73. The number of Topliss-reactive ketones (excluding diaryl/α,β-unsaturated/α-hetero) is 1. The second-order valence-corrected chi connectivity index (χ2v) is 20.4. The van der Waals surface area contributed by atoms with E-state index in [9.17, 15) is 9.90 Å². The zero-order valence-corrected chi connectivity index (χ0v) is 31.1. The Kier molecular flexibility index (Phi) is 8.60. The molecule has 0 bridgehead atoms. The molecule has 1 N–H and O–H groups in total. The van der Waals surface area contributed by atoms with E-state index in [0.717, 1.165) is 43.4 Å². The summed E-state index contributed by atoms with van der Waals surface area (Å²) in [5, 5.41) is 11.1. The largest absolute Gasteiger partial charge is 0.393 e. The van der Waals surface area contributed by atoms with Crippen LogP contribution in [-0.4, -0.2) is 41.5 Å². The molecule has 0 aromatic heterocycles. The molecule has 6 saturated carbocycles. The van der Waals surface area contributed by atoms with Gasteiger partial charge in [-0.3, -0.25) is 4.79 Å². The van der Waals surface area contributed by atoms with E-state index in [4.69, 9.17) is 0 Å². The number of aliphatic hydroxyl groups excluding tert-OH is 1. The van der Waals surface area contributed by atoms with Crippen molar-refractivity contribution in [1.82, 2.24) is 4.90 Å². The normalized spacial score (nSPS) is 51.9. The Balaban J connectivity index is 1.11. The Bertz CT molecular complexity index is 1190. The maximum absolute atomic E-state index is 14.9. The SMILES string of the molecule is C=C(C)[C@@H]1CC[C@]2(C(=O)C[C@@H]3CCC(CN4CCCC(C)C4)C3)CC[C@]3(C)[C@H](CC[C@@H]4[C@@]5(C)CC[C@H](O)C(C)(C)[C@@H]5CC[C@]43C)[C@@H]12. The highest BCUT2D eigenvalue weighted by molar-refractivity contribution is 5.86. The summed E-state index contributed by atoms with van der Waals surface area (Å²) in [7, 11) is 0. The fourth-order valence-corrected chi connectivity index (χ4v) is 15.4. The van der Waals surface area contributed by atoms with Gasteiger partial charge in [-0.2, -0.15) is 0 Å². The van der Waals surface area contributed by atoms with Gasteiger partial charge in [-0.05, 0) is 179 Å². The number of likely N-dealkylation sites (tertiary alicyclic amines) is 1. The first-order valence-electron chi connectivity index (χ1n) is 20.2. The van der Waals surface area contributed by atoms with Gasteiger partial charge in [0, 0.05) is 24.9 Å². The van der Waals surface area contributed by atoms with Gasteiger partial charge in [-0.1, -0.05) is 53.7 Å². The number of piperidine rings is 1. The molecule has 46 heavy (non-hydrogen) atoms. The van der Waals surface area contributed by atoms with E-state index in [2.05, 4.69) is 59.9 Å². The van der Waals surface area contributed by atoms with Crippen molar-refractivity contribution in [2.24, 2.45) is 74.4 Å². The number of aliphatic hydroxyl groups is 1. The molecule has 6 aliphatic carbocycles. The van der Waals surface area contributed by atoms with E-state index >= 15 is 0 Å². The number of carbonyl (C=O) groups is 1. The summed E-state index contributed by atoms with van der Waals surface area (Å²) in [6.07, 6.45) is 19.3. The average Bonchev–Trinajstić information content (AvgIpc) is 3.61. The molecule has 0 radical (unpaired) electrons. The monoisotopic (exact) mass is 634 g/mol. The second-order valence-electron chi connectivity index (χ2n) is 20.4. The summed E-state index contributed by atoms with van der Waals surface area (Å²) in [6, 6.07) is 0. The van der Waals surface area contributed by atoms with Crippen LogP contribution in [0.5, 0.6) is 0 Å². The van der Waals surface area contributed by atoms with Crippen LogP contribution >= 0.6 is 0 Å². The van der Waals surface area contributed by atoms with Crippen LogP contribution in [0.2, 0.25) is 0 Å². The number of hydrogen-bond acceptors (Lipinski definition) is 3. The molecule has 0 aromatic carbocycles. The van der Waals surface area contributed by atoms with Crippen molar-refractivity contribution in [2.75, 3.05) is 19.6 Å². The van der Waals surface area contributed by atoms with Gasteiger partial charge in [0.2, 0.25) is 0 Å². The molecule has 13 atom stereocenters. The summed E-state index contributed by atoms with van der Waals surface area (Å²) in [5.41, 5.74) is 2.15. The zero-order chi connectivity index (χ0) is 32.9. The molecule has 0 aromatic rings. The predicted octanol–water partition coefficient (Wildman–Crippen LogP) is 10.1. The van der Waals surface area contributed by atoms with Gasteiger partial charge < -0.3 is 10.0 Å². The van der Waals surface area contributed by atoms with Crippen molar-refractivity contribution in [2.45, 2.75) is 157 Å². The highest BCUT2D eigenvalue weighted by atomic mass is 16.3. The van der Waals surface area contributed by atoms with E-state index in [1.807, 2.05) is 0 Å². The highest BCUT2D eigenvalue weighted by Crippen LogP contribution is 2.77. The van der Waals surface area contributed by atoms with Crippen molar-refractivity contribution in [3.63, 3.8) is 0 Å². The van der Waals surface area contributed by atoms with Gasteiger partial charge in [-0.25, -0.2) is 0 Å². The third kappa shape index (κ3) is 4.94. The first-order valence-corrected chi connectivity index (χ1v) is 20.2. The van der Waals surface area contributed by atoms with Gasteiger partial charge in [0.05, 0.1) is 6.10 Å². The lowest BCUT2D eigenvalue weighted by atomic mass is 9.32. The van der Waals surface area contributed by atoms with Crippen molar-refractivity contribution in [1.29, 1.82) is 0 Å². The molecule has 1 aliphatic heterocycles. The van der Waals surface area contributed by atoms with Crippen molar-refractivity contribution in [3.05, 3.63) is 12.2 Å². The molecule has 2 unspecified atom stereocenters. The van der Waals surface area contributed by atoms with Crippen LogP contribution in [0.4, 0.5) is 0 Å². The minimum Gasteiger partial charge on any atom is -0.393 e. The summed E-state index contributed by atoms with van der Waals surface area (Å²) in [5.74, 6) is 5.91. The Labute approximate surface area is 283 Å². The molecule has 7 aliphatic rings. The van der Waals surface area contributed by atoms with E-state index in [1.54, 1.807) is 0 Å². The third-order valence-electron chi connectivity index (χ3n) is 18.0. The molecule has 3 nitrogen and oxygen atoms in total. The van der Waals surface area contributed by atoms with E-state index in [0.29, 0.717) is 46.2 Å². The third-order valence-corrected chi connectivity index (χ3v) is 18.0. The van der Waals surface area contributed by atoms with Crippen molar-refractivity contribution < 1.29 is 9.90 Å². The van der Waals surface area contributed by atoms with E-state index in [1.165, 1.54) is 102 Å². The van der Waals surface area contributed by atoms with Gasteiger partial charge in [0.15, 0.2) is 0 Å². The summed E-state index contributed by atoms with van der Waals surface area (Å²) in [6.45, 7) is 26.0. The van der Waals surface area contributed by atoms with Crippen molar-refractivity contribution >= 4 is 5.78 Å². The first-order chi connectivity index (χ1) is 21.7. The van der Waals surface area contributed by atoms with Crippen LogP contribution in [0.1, 0.15) is 151 Å². The topological polar surface area (TPSA) is 40.5 Å². The van der Waals surface area contributed by atoms with Crippen LogP contribution in [-0.2, 0) is 4.79 Å². The molecular weight excluding hydrogens is 562 g/mol. The van der Waals surface area contributed by atoms with Crippen molar-refractivity contribution in [3.8, 4) is 0 Å². The number of carbonyl (C=O) groups excluding carboxylic acids is 1. The van der Waals surface area contributed by atoms with Gasteiger partial charge in [0.25, 0.3) is 0 Å². The lowest BCUT2D eigenvalue weighted by molar-refractivity contribution is -0.246. The number of ketones is 1. The molecule has 7 fully saturated rings. The van der Waals surface area contributed by atoms with E-state index in [-0.39, 0.29) is 22.3 Å². The molecule has 7 rings (SSSR count). The molecule has 1 heterocycles. The Morgan fingerprint density at radius 3 is 2.33 bits per heavy atom. The Morgan fingerprint density at radius 1 is 0.826 bits per heavy atom. The quantitative estimate of drug-likeness (QED) is 0.296.